The van der Waals surface area contributed by atoms with Crippen molar-refractivity contribution in [3.05, 3.63) is 34.2 Å². The normalized spacial score (nSPS) is 21.2. The number of imidazole rings is 1. The smallest absolute Gasteiger partial charge is 0.326 e. The molecule has 0 radical (unpaired) electrons. The summed E-state index contributed by atoms with van der Waals surface area (Å²) in [6, 6.07) is 7.15. The SMILES string of the molecule is COC(=O)C1CC(n2c(=O)[nH]c3cc(C#N)ccc32)C1. The number of esters is 1. The first-order chi connectivity index (χ1) is 9.63. The standard InChI is InChI=1S/C14H13N3O3/c1-20-13(18)9-5-10(6-9)17-12-3-2-8(7-15)4-11(12)16-14(17)19/h2-4,9-10H,5-6H2,1H3,(H,16,19). The summed E-state index contributed by atoms with van der Waals surface area (Å²) < 4.78 is 6.36. The monoisotopic (exact) mass is 271 g/mol. The van der Waals surface area contributed by atoms with E-state index >= 15 is 0 Å². The van der Waals surface area contributed by atoms with Crippen LogP contribution < -0.4 is 5.69 Å². The van der Waals surface area contributed by atoms with Crippen LogP contribution in [0.15, 0.2) is 23.0 Å². The molecule has 1 aromatic heterocycles. The van der Waals surface area contributed by atoms with Gasteiger partial charge in [0.2, 0.25) is 0 Å². The molecule has 0 unspecified atom stereocenters. The van der Waals surface area contributed by atoms with Crippen molar-refractivity contribution in [3.8, 4) is 6.07 Å². The number of aromatic amines is 1. The third kappa shape index (κ3) is 1.79. The molecule has 6 heteroatoms. The molecule has 0 spiro atoms. The average Bonchev–Trinajstić information content (AvgIpc) is 2.72. The predicted molar refractivity (Wildman–Crippen MR) is 71.1 cm³/mol. The highest BCUT2D eigenvalue weighted by molar-refractivity contribution is 5.78. The lowest BCUT2D eigenvalue weighted by molar-refractivity contribution is -0.149. The number of fused-ring (bicyclic) bond motifs is 1. The van der Waals surface area contributed by atoms with E-state index in [1.165, 1.54) is 7.11 Å². The maximum atomic E-state index is 12.0. The molecule has 1 fully saturated rings. The fraction of sp³-hybridized carbons (Fsp3) is 0.357. The van der Waals surface area contributed by atoms with E-state index in [9.17, 15) is 9.59 Å². The number of carbonyl (C=O) groups excluding carboxylic acids is 1. The van der Waals surface area contributed by atoms with Crippen LogP contribution in [0.3, 0.4) is 0 Å². The van der Waals surface area contributed by atoms with E-state index in [1.807, 2.05) is 6.07 Å². The molecule has 1 heterocycles. The van der Waals surface area contributed by atoms with E-state index in [-0.39, 0.29) is 23.6 Å². The Hall–Kier alpha value is -2.55. The number of H-pyrrole nitrogens is 1. The van der Waals surface area contributed by atoms with Crippen molar-refractivity contribution in [1.29, 1.82) is 5.26 Å². The number of rotatable bonds is 2. The zero-order valence-electron chi connectivity index (χ0n) is 10.9. The number of hydrogen-bond acceptors (Lipinski definition) is 4. The first-order valence-electron chi connectivity index (χ1n) is 6.36. The van der Waals surface area contributed by atoms with E-state index < -0.39 is 0 Å². The minimum Gasteiger partial charge on any atom is -0.469 e. The molecule has 1 aliphatic carbocycles. The summed E-state index contributed by atoms with van der Waals surface area (Å²) >= 11 is 0. The van der Waals surface area contributed by atoms with Gasteiger partial charge in [-0.2, -0.15) is 5.26 Å². The van der Waals surface area contributed by atoms with Gasteiger partial charge in [-0.1, -0.05) is 0 Å². The van der Waals surface area contributed by atoms with Gasteiger partial charge in [0.15, 0.2) is 0 Å². The van der Waals surface area contributed by atoms with Gasteiger partial charge in [0, 0.05) is 6.04 Å². The fourth-order valence-electron chi connectivity index (χ4n) is 2.72. The number of aromatic nitrogens is 2. The molecular weight excluding hydrogens is 258 g/mol. The van der Waals surface area contributed by atoms with Crippen LogP contribution in [0.25, 0.3) is 11.0 Å². The van der Waals surface area contributed by atoms with Crippen LogP contribution in [0, 0.1) is 17.2 Å². The second kappa shape index (κ2) is 4.53. The van der Waals surface area contributed by atoms with Crippen molar-refractivity contribution in [2.75, 3.05) is 7.11 Å². The second-order valence-electron chi connectivity index (χ2n) is 4.99. The Kier molecular flexibility index (Phi) is 2.83. The molecular formula is C14H13N3O3. The number of carbonyl (C=O) groups is 1. The Bertz CT molecular complexity index is 775. The molecule has 6 nitrogen and oxygen atoms in total. The van der Waals surface area contributed by atoms with Gasteiger partial charge in [0.25, 0.3) is 0 Å². The van der Waals surface area contributed by atoms with Crippen LogP contribution >= 0.6 is 0 Å². The molecule has 0 saturated heterocycles. The molecule has 102 valence electrons. The molecule has 1 aliphatic rings. The molecule has 1 saturated carbocycles. The van der Waals surface area contributed by atoms with Gasteiger partial charge < -0.3 is 9.72 Å². The van der Waals surface area contributed by atoms with Crippen molar-refractivity contribution in [2.24, 2.45) is 5.92 Å². The predicted octanol–water partition coefficient (Wildman–Crippen LogP) is 1.33. The number of ether oxygens (including phenoxy) is 1. The molecule has 0 aliphatic heterocycles. The van der Waals surface area contributed by atoms with Gasteiger partial charge in [-0.05, 0) is 31.0 Å². The summed E-state index contributed by atoms with van der Waals surface area (Å²) in [5.74, 6) is -0.346. The minimum absolute atomic E-state index is 0.00767. The van der Waals surface area contributed by atoms with Crippen molar-refractivity contribution in [1.82, 2.24) is 9.55 Å². The third-order valence-electron chi connectivity index (χ3n) is 3.86. The average molecular weight is 271 g/mol. The summed E-state index contributed by atoms with van der Waals surface area (Å²) in [6.07, 6.45) is 1.22. The van der Waals surface area contributed by atoms with Crippen LogP contribution in [0.1, 0.15) is 24.4 Å². The summed E-state index contributed by atoms with van der Waals surface area (Å²) in [7, 11) is 1.37. The van der Waals surface area contributed by atoms with Crippen LogP contribution in [0.4, 0.5) is 0 Å². The maximum Gasteiger partial charge on any atom is 0.326 e. The Labute approximate surface area is 114 Å². The van der Waals surface area contributed by atoms with Gasteiger partial charge in [-0.15, -0.1) is 0 Å². The Morgan fingerprint density at radius 1 is 1.50 bits per heavy atom. The molecule has 2 aromatic rings. The fourth-order valence-corrected chi connectivity index (χ4v) is 2.72. The molecule has 0 amide bonds. The second-order valence-corrected chi connectivity index (χ2v) is 4.99. The topological polar surface area (TPSA) is 87.9 Å². The summed E-state index contributed by atoms with van der Waals surface area (Å²) in [5.41, 5.74) is 1.72. The zero-order valence-corrected chi connectivity index (χ0v) is 10.9. The maximum absolute atomic E-state index is 12.0. The highest BCUT2D eigenvalue weighted by atomic mass is 16.5. The lowest BCUT2D eigenvalue weighted by atomic mass is 9.80. The van der Waals surface area contributed by atoms with Gasteiger partial charge in [0.1, 0.15) is 0 Å². The van der Waals surface area contributed by atoms with E-state index in [1.54, 1.807) is 22.8 Å². The van der Waals surface area contributed by atoms with Gasteiger partial charge in [0.05, 0.1) is 35.7 Å². The van der Waals surface area contributed by atoms with Gasteiger partial charge in [-0.3, -0.25) is 9.36 Å². The number of hydrogen-bond donors (Lipinski definition) is 1. The summed E-state index contributed by atoms with van der Waals surface area (Å²) in [6.45, 7) is 0. The number of benzene rings is 1. The zero-order chi connectivity index (χ0) is 14.3. The van der Waals surface area contributed by atoms with Crippen molar-refractivity contribution >= 4 is 17.0 Å². The molecule has 1 aromatic carbocycles. The molecule has 1 N–H and O–H groups in total. The number of methoxy groups -OCH3 is 1. The highest BCUT2D eigenvalue weighted by Crippen LogP contribution is 2.39. The van der Waals surface area contributed by atoms with E-state index in [4.69, 9.17) is 10.00 Å². The molecule has 0 bridgehead atoms. The quantitative estimate of drug-likeness (QED) is 0.834. The van der Waals surface area contributed by atoms with Gasteiger partial charge in [-0.25, -0.2) is 4.79 Å². The summed E-state index contributed by atoms with van der Waals surface area (Å²) in [5, 5.41) is 8.86. The minimum atomic E-state index is -0.221. The van der Waals surface area contributed by atoms with Gasteiger partial charge >= 0.3 is 11.7 Å². The highest BCUT2D eigenvalue weighted by Gasteiger charge is 2.37. The first kappa shape index (κ1) is 12.5. The van der Waals surface area contributed by atoms with E-state index in [0.29, 0.717) is 23.9 Å². The Morgan fingerprint density at radius 3 is 2.90 bits per heavy atom. The molecule has 20 heavy (non-hydrogen) atoms. The largest absolute Gasteiger partial charge is 0.469 e. The van der Waals surface area contributed by atoms with E-state index in [2.05, 4.69) is 4.98 Å². The van der Waals surface area contributed by atoms with Crippen molar-refractivity contribution < 1.29 is 9.53 Å². The number of nitriles is 1. The lowest BCUT2D eigenvalue weighted by Gasteiger charge is -2.33. The van der Waals surface area contributed by atoms with Crippen molar-refractivity contribution in [3.63, 3.8) is 0 Å². The Morgan fingerprint density at radius 2 is 2.25 bits per heavy atom. The van der Waals surface area contributed by atoms with E-state index in [0.717, 1.165) is 5.52 Å². The van der Waals surface area contributed by atoms with Crippen LogP contribution in [0.5, 0.6) is 0 Å². The lowest BCUT2D eigenvalue weighted by Crippen LogP contribution is -2.36. The van der Waals surface area contributed by atoms with Crippen LogP contribution in [-0.2, 0) is 9.53 Å². The van der Waals surface area contributed by atoms with Crippen LogP contribution in [-0.4, -0.2) is 22.6 Å². The number of nitrogens with zero attached hydrogens (tertiary/aromatic N) is 2. The van der Waals surface area contributed by atoms with Crippen molar-refractivity contribution in [2.45, 2.75) is 18.9 Å². The summed E-state index contributed by atoms with van der Waals surface area (Å²) in [4.78, 5) is 26.2. The third-order valence-corrected chi connectivity index (χ3v) is 3.86. The Balaban J connectivity index is 1.94. The molecule has 3 rings (SSSR count). The molecule has 0 atom stereocenters. The number of nitrogens with one attached hydrogen (secondary N) is 1. The van der Waals surface area contributed by atoms with Crippen LogP contribution in [0.2, 0.25) is 0 Å². The first-order valence-corrected chi connectivity index (χ1v) is 6.36.